The molecule has 8 nitrogen and oxygen atoms in total. The van der Waals surface area contributed by atoms with E-state index in [4.69, 9.17) is 4.74 Å². The summed E-state index contributed by atoms with van der Waals surface area (Å²) >= 11 is 0. The second-order valence-electron chi connectivity index (χ2n) is 8.64. The fourth-order valence-electron chi connectivity index (χ4n) is 4.34. The van der Waals surface area contributed by atoms with Gasteiger partial charge in [-0.2, -0.15) is 0 Å². The first-order chi connectivity index (χ1) is 14.7. The molecule has 2 amide bonds. The summed E-state index contributed by atoms with van der Waals surface area (Å²) in [7, 11) is 0. The molecule has 3 aliphatic rings. The molecule has 1 aliphatic carbocycles. The smallest absolute Gasteiger partial charge is 0.317 e. The highest BCUT2D eigenvalue weighted by Gasteiger charge is 2.24. The van der Waals surface area contributed by atoms with Crippen molar-refractivity contribution < 1.29 is 9.53 Å². The minimum Gasteiger partial charge on any atom is -0.376 e. The summed E-state index contributed by atoms with van der Waals surface area (Å²) in [5.41, 5.74) is 1.83. The fraction of sp³-hybridized carbons (Fsp3) is 0.591. The minimum atomic E-state index is -0.0125. The molecule has 1 N–H and O–H groups in total. The predicted octanol–water partition coefficient (Wildman–Crippen LogP) is 1.82. The van der Waals surface area contributed by atoms with E-state index in [9.17, 15) is 9.59 Å². The molecule has 2 aliphatic heterocycles. The van der Waals surface area contributed by atoms with Crippen molar-refractivity contribution in [2.24, 2.45) is 5.92 Å². The van der Waals surface area contributed by atoms with Gasteiger partial charge in [-0.15, -0.1) is 0 Å². The Morgan fingerprint density at radius 1 is 1.17 bits per heavy atom. The first kappa shape index (κ1) is 19.4. The lowest BCUT2D eigenvalue weighted by molar-refractivity contribution is 0.108. The van der Waals surface area contributed by atoms with Crippen LogP contribution in [-0.2, 0) is 11.3 Å². The summed E-state index contributed by atoms with van der Waals surface area (Å²) < 4.78 is 7.31. The van der Waals surface area contributed by atoms with Crippen LogP contribution in [0.2, 0.25) is 0 Å². The first-order valence-corrected chi connectivity index (χ1v) is 11.1. The number of anilines is 1. The SMILES string of the molecule is O=C(NCC1CCCO1)N1CCN(c2ccc3c(=O)n(CC4CC4)cnc3c2)CC1. The van der Waals surface area contributed by atoms with Gasteiger partial charge in [0.05, 0.1) is 23.3 Å². The van der Waals surface area contributed by atoms with Crippen molar-refractivity contribution in [3.63, 3.8) is 0 Å². The second-order valence-corrected chi connectivity index (χ2v) is 8.64. The van der Waals surface area contributed by atoms with Gasteiger partial charge in [0.2, 0.25) is 0 Å². The number of aromatic nitrogens is 2. The van der Waals surface area contributed by atoms with Crippen LogP contribution in [0, 0.1) is 5.92 Å². The van der Waals surface area contributed by atoms with E-state index in [2.05, 4.69) is 15.2 Å². The van der Waals surface area contributed by atoms with Gasteiger partial charge in [0.25, 0.3) is 5.56 Å². The number of carbonyl (C=O) groups excluding carboxylic acids is 1. The van der Waals surface area contributed by atoms with Crippen LogP contribution in [0.15, 0.2) is 29.3 Å². The number of hydrogen-bond acceptors (Lipinski definition) is 5. The maximum atomic E-state index is 12.7. The highest BCUT2D eigenvalue weighted by molar-refractivity contribution is 5.81. The molecule has 8 heteroatoms. The molecule has 1 aromatic heterocycles. The van der Waals surface area contributed by atoms with E-state index in [1.807, 2.05) is 23.1 Å². The van der Waals surface area contributed by atoms with Crippen molar-refractivity contribution in [2.45, 2.75) is 38.3 Å². The van der Waals surface area contributed by atoms with Crippen molar-refractivity contribution in [3.05, 3.63) is 34.9 Å². The minimum absolute atomic E-state index is 0.0125. The standard InChI is InChI=1S/C22H29N5O3/c28-21-19-6-5-17(12-20(19)24-15-27(21)14-16-3-4-16)25-7-9-26(10-8-25)22(29)23-13-18-2-1-11-30-18/h5-6,12,15-16,18H,1-4,7-11,13-14H2,(H,23,29). The average Bonchev–Trinajstić information content (AvgIpc) is 3.44. The Balaban J connectivity index is 1.20. The van der Waals surface area contributed by atoms with Crippen LogP contribution >= 0.6 is 0 Å². The zero-order chi connectivity index (χ0) is 20.5. The molecule has 160 valence electrons. The highest BCUT2D eigenvalue weighted by atomic mass is 16.5. The van der Waals surface area contributed by atoms with Crippen LogP contribution in [0.5, 0.6) is 0 Å². The van der Waals surface area contributed by atoms with Crippen LogP contribution in [-0.4, -0.2) is 65.9 Å². The molecule has 3 heterocycles. The lowest BCUT2D eigenvalue weighted by atomic mass is 10.2. The number of piperazine rings is 1. The number of urea groups is 1. The van der Waals surface area contributed by atoms with Gasteiger partial charge in [-0.3, -0.25) is 9.36 Å². The fourth-order valence-corrected chi connectivity index (χ4v) is 4.34. The average molecular weight is 412 g/mol. The van der Waals surface area contributed by atoms with Crippen LogP contribution in [0.3, 0.4) is 0 Å². The van der Waals surface area contributed by atoms with Crippen molar-refractivity contribution in [1.29, 1.82) is 0 Å². The van der Waals surface area contributed by atoms with Gasteiger partial charge in [-0.25, -0.2) is 9.78 Å². The number of amides is 2. The molecule has 3 fully saturated rings. The Bertz CT molecular complexity index is 972. The van der Waals surface area contributed by atoms with Gasteiger partial charge < -0.3 is 19.9 Å². The molecular weight excluding hydrogens is 382 g/mol. The van der Waals surface area contributed by atoms with Crippen LogP contribution < -0.4 is 15.8 Å². The number of ether oxygens (including phenoxy) is 1. The highest BCUT2D eigenvalue weighted by Crippen LogP contribution is 2.30. The molecule has 0 spiro atoms. The molecule has 30 heavy (non-hydrogen) atoms. The van der Waals surface area contributed by atoms with Crippen molar-refractivity contribution in [1.82, 2.24) is 19.8 Å². The Kier molecular flexibility index (Phi) is 5.33. The van der Waals surface area contributed by atoms with Gasteiger partial charge in [-0.05, 0) is 49.8 Å². The summed E-state index contributed by atoms with van der Waals surface area (Å²) in [5.74, 6) is 0.639. The first-order valence-electron chi connectivity index (χ1n) is 11.1. The largest absolute Gasteiger partial charge is 0.376 e. The van der Waals surface area contributed by atoms with E-state index in [1.165, 1.54) is 12.8 Å². The second kappa shape index (κ2) is 8.26. The summed E-state index contributed by atoms with van der Waals surface area (Å²) in [5, 5.41) is 3.67. The van der Waals surface area contributed by atoms with Gasteiger partial charge >= 0.3 is 6.03 Å². The van der Waals surface area contributed by atoms with Gasteiger partial charge in [-0.1, -0.05) is 0 Å². The number of fused-ring (bicyclic) bond motifs is 1. The number of hydrogen-bond donors (Lipinski definition) is 1. The van der Waals surface area contributed by atoms with E-state index in [-0.39, 0.29) is 17.7 Å². The number of nitrogens with zero attached hydrogens (tertiary/aromatic N) is 4. The number of nitrogens with one attached hydrogen (secondary N) is 1. The van der Waals surface area contributed by atoms with E-state index >= 15 is 0 Å². The maximum absolute atomic E-state index is 12.7. The van der Waals surface area contributed by atoms with E-state index in [1.54, 1.807) is 10.9 Å². The number of carbonyl (C=O) groups is 1. The van der Waals surface area contributed by atoms with Crippen LogP contribution in [0.4, 0.5) is 10.5 Å². The Labute approximate surface area is 175 Å². The van der Waals surface area contributed by atoms with E-state index in [0.717, 1.165) is 50.3 Å². The van der Waals surface area contributed by atoms with Gasteiger partial charge in [0.1, 0.15) is 0 Å². The zero-order valence-electron chi connectivity index (χ0n) is 17.3. The summed E-state index contributed by atoms with van der Waals surface area (Å²) in [6.45, 7) is 5.04. The molecule has 0 radical (unpaired) electrons. The van der Waals surface area contributed by atoms with Crippen molar-refractivity contribution >= 4 is 22.6 Å². The Morgan fingerprint density at radius 3 is 2.73 bits per heavy atom. The molecule has 1 atom stereocenters. The molecule has 5 rings (SSSR count). The van der Waals surface area contributed by atoms with E-state index in [0.29, 0.717) is 30.9 Å². The van der Waals surface area contributed by atoms with E-state index < -0.39 is 0 Å². The molecule has 0 bridgehead atoms. The normalized spacial score (nSPS) is 21.9. The molecular formula is C22H29N5O3. The Hall–Kier alpha value is -2.61. The molecule has 2 aromatic rings. The van der Waals surface area contributed by atoms with Crippen molar-refractivity contribution in [3.8, 4) is 0 Å². The van der Waals surface area contributed by atoms with Gasteiger partial charge in [0.15, 0.2) is 0 Å². The third kappa shape index (κ3) is 4.14. The molecule has 1 aromatic carbocycles. The van der Waals surface area contributed by atoms with Crippen LogP contribution in [0.1, 0.15) is 25.7 Å². The third-order valence-corrected chi connectivity index (χ3v) is 6.40. The quantitative estimate of drug-likeness (QED) is 0.812. The third-order valence-electron chi connectivity index (χ3n) is 6.40. The molecule has 2 saturated heterocycles. The van der Waals surface area contributed by atoms with Crippen LogP contribution in [0.25, 0.3) is 10.9 Å². The van der Waals surface area contributed by atoms with Gasteiger partial charge in [0, 0.05) is 51.6 Å². The summed E-state index contributed by atoms with van der Waals surface area (Å²) in [6, 6.07) is 5.87. The molecule has 1 saturated carbocycles. The lowest BCUT2D eigenvalue weighted by Gasteiger charge is -2.36. The topological polar surface area (TPSA) is 79.7 Å². The lowest BCUT2D eigenvalue weighted by Crippen LogP contribution is -2.52. The summed E-state index contributed by atoms with van der Waals surface area (Å²) in [4.78, 5) is 33.8. The Morgan fingerprint density at radius 2 is 2.00 bits per heavy atom. The predicted molar refractivity (Wildman–Crippen MR) is 115 cm³/mol. The zero-order valence-corrected chi connectivity index (χ0v) is 17.3. The monoisotopic (exact) mass is 411 g/mol. The maximum Gasteiger partial charge on any atom is 0.317 e. The number of rotatable bonds is 5. The van der Waals surface area contributed by atoms with Crippen molar-refractivity contribution in [2.75, 3.05) is 44.2 Å². The molecule has 1 unspecified atom stereocenters. The summed E-state index contributed by atoms with van der Waals surface area (Å²) in [6.07, 6.45) is 6.37. The number of benzene rings is 1.